The lowest BCUT2D eigenvalue weighted by molar-refractivity contribution is -0.144. The molecule has 1 aliphatic rings. The number of methoxy groups -OCH3 is 1. The van der Waals surface area contributed by atoms with Gasteiger partial charge in [0.15, 0.2) is 0 Å². The molecule has 0 aliphatic carbocycles. The molecule has 0 bridgehead atoms. The van der Waals surface area contributed by atoms with E-state index in [1.54, 1.807) is 0 Å². The van der Waals surface area contributed by atoms with E-state index < -0.39 is 6.04 Å². The third kappa shape index (κ3) is 4.11. The number of carbonyl (C=O) groups is 2. The Morgan fingerprint density at radius 2 is 2.05 bits per heavy atom. The first-order chi connectivity index (χ1) is 9.01. The first kappa shape index (κ1) is 15.8. The van der Waals surface area contributed by atoms with Crippen LogP contribution in [-0.2, 0) is 9.53 Å². The fraction of sp³-hybridized carbons (Fsp3) is 0.857. The van der Waals surface area contributed by atoms with Gasteiger partial charge in [0, 0.05) is 12.6 Å². The highest BCUT2D eigenvalue weighted by Crippen LogP contribution is 2.19. The summed E-state index contributed by atoms with van der Waals surface area (Å²) in [5, 5.41) is 2.81. The van der Waals surface area contributed by atoms with Gasteiger partial charge in [-0.2, -0.15) is 0 Å². The third-order valence-corrected chi connectivity index (χ3v) is 3.76. The smallest absolute Gasteiger partial charge is 0.328 e. The van der Waals surface area contributed by atoms with E-state index in [1.807, 2.05) is 18.7 Å². The molecule has 0 aromatic heterocycles. The zero-order chi connectivity index (χ0) is 14.4. The van der Waals surface area contributed by atoms with Gasteiger partial charge in [-0.1, -0.05) is 20.8 Å². The summed E-state index contributed by atoms with van der Waals surface area (Å²) in [6, 6.07) is -0.424. The molecule has 2 amide bonds. The minimum Gasteiger partial charge on any atom is -0.467 e. The first-order valence-electron chi connectivity index (χ1n) is 7.16. The van der Waals surface area contributed by atoms with E-state index in [9.17, 15) is 9.59 Å². The van der Waals surface area contributed by atoms with Gasteiger partial charge in [0.1, 0.15) is 6.04 Å². The lowest BCUT2D eigenvalue weighted by Gasteiger charge is -2.36. The topological polar surface area (TPSA) is 58.6 Å². The molecule has 2 atom stereocenters. The van der Waals surface area contributed by atoms with E-state index in [1.165, 1.54) is 13.5 Å². The van der Waals surface area contributed by atoms with Gasteiger partial charge in [-0.05, 0) is 31.6 Å². The summed E-state index contributed by atoms with van der Waals surface area (Å²) in [5.74, 6) is -0.366. The van der Waals surface area contributed by atoms with Gasteiger partial charge in [0.2, 0.25) is 0 Å². The van der Waals surface area contributed by atoms with Crippen molar-refractivity contribution in [3.8, 4) is 0 Å². The number of rotatable bonds is 4. The maximum absolute atomic E-state index is 12.3. The molecular weight excluding hydrogens is 244 g/mol. The number of carbonyl (C=O) groups excluding carboxylic acids is 2. The van der Waals surface area contributed by atoms with Crippen LogP contribution < -0.4 is 5.32 Å². The van der Waals surface area contributed by atoms with Crippen LogP contribution in [0.4, 0.5) is 4.79 Å². The summed E-state index contributed by atoms with van der Waals surface area (Å²) >= 11 is 0. The molecule has 1 saturated heterocycles. The van der Waals surface area contributed by atoms with Crippen molar-refractivity contribution in [1.29, 1.82) is 0 Å². The molecule has 1 aliphatic heterocycles. The number of hydrogen-bond donors (Lipinski definition) is 1. The minimum absolute atomic E-state index is 0.0151. The molecule has 1 N–H and O–H groups in total. The first-order valence-corrected chi connectivity index (χ1v) is 7.16. The van der Waals surface area contributed by atoms with E-state index in [0.29, 0.717) is 6.04 Å². The average Bonchev–Trinajstić information content (AvgIpc) is 2.43. The van der Waals surface area contributed by atoms with Crippen molar-refractivity contribution in [2.24, 2.45) is 5.92 Å². The predicted octanol–water partition coefficient (Wildman–Crippen LogP) is 2.16. The normalized spacial score (nSPS) is 21.1. The molecule has 1 rings (SSSR count). The van der Waals surface area contributed by atoms with Crippen LogP contribution in [0.3, 0.4) is 0 Å². The largest absolute Gasteiger partial charge is 0.467 e. The van der Waals surface area contributed by atoms with E-state index in [-0.39, 0.29) is 17.9 Å². The number of hydrogen-bond acceptors (Lipinski definition) is 3. The Kier molecular flexibility index (Phi) is 6.12. The molecular formula is C14H26N2O3. The fourth-order valence-electron chi connectivity index (χ4n) is 2.53. The molecule has 1 fully saturated rings. The van der Waals surface area contributed by atoms with Crippen molar-refractivity contribution < 1.29 is 14.3 Å². The summed E-state index contributed by atoms with van der Waals surface area (Å²) in [6.45, 7) is 6.66. The highest BCUT2D eigenvalue weighted by atomic mass is 16.5. The molecule has 0 aromatic rings. The van der Waals surface area contributed by atoms with E-state index in [4.69, 9.17) is 4.74 Å². The molecule has 19 heavy (non-hydrogen) atoms. The lowest BCUT2D eigenvalue weighted by Crippen LogP contribution is -2.54. The van der Waals surface area contributed by atoms with Crippen molar-refractivity contribution in [3.63, 3.8) is 0 Å². The van der Waals surface area contributed by atoms with Crippen LogP contribution in [0.2, 0.25) is 0 Å². The number of nitrogens with zero attached hydrogens (tertiary/aromatic N) is 1. The second kappa shape index (κ2) is 7.36. The monoisotopic (exact) mass is 270 g/mol. The Bertz CT molecular complexity index is 318. The summed E-state index contributed by atoms with van der Waals surface area (Å²) < 4.78 is 4.74. The van der Waals surface area contributed by atoms with Gasteiger partial charge in [-0.3, -0.25) is 0 Å². The number of esters is 1. The van der Waals surface area contributed by atoms with Crippen LogP contribution in [0.1, 0.15) is 46.5 Å². The van der Waals surface area contributed by atoms with Crippen LogP contribution in [0.15, 0.2) is 0 Å². The Balaban J connectivity index is 2.67. The zero-order valence-electron chi connectivity index (χ0n) is 12.4. The molecule has 5 nitrogen and oxygen atoms in total. The Hall–Kier alpha value is -1.26. The van der Waals surface area contributed by atoms with Gasteiger partial charge in [0.25, 0.3) is 0 Å². The van der Waals surface area contributed by atoms with Crippen molar-refractivity contribution >= 4 is 12.0 Å². The molecule has 0 saturated carbocycles. The van der Waals surface area contributed by atoms with Crippen LogP contribution >= 0.6 is 0 Å². The summed E-state index contributed by atoms with van der Waals surface area (Å²) in [7, 11) is 1.35. The highest BCUT2D eigenvalue weighted by molar-refractivity contribution is 5.84. The molecule has 1 heterocycles. The van der Waals surface area contributed by atoms with Crippen molar-refractivity contribution in [3.05, 3.63) is 0 Å². The standard InChI is InChI=1S/C14H26N2O3/c1-5-11-8-6-7-9-16(11)14(18)15-12(10(2)3)13(17)19-4/h10-12H,5-9H2,1-4H3,(H,15,18)/t11-,12-/m0/s1. The average molecular weight is 270 g/mol. The number of ether oxygens (including phenoxy) is 1. The van der Waals surface area contributed by atoms with Crippen LogP contribution in [0.25, 0.3) is 0 Å². The van der Waals surface area contributed by atoms with E-state index in [0.717, 1.165) is 25.8 Å². The Morgan fingerprint density at radius 1 is 1.37 bits per heavy atom. The van der Waals surface area contributed by atoms with Crippen LogP contribution in [0, 0.1) is 5.92 Å². The lowest BCUT2D eigenvalue weighted by atomic mass is 10.00. The molecule has 110 valence electrons. The summed E-state index contributed by atoms with van der Waals surface area (Å²) in [4.78, 5) is 25.8. The van der Waals surface area contributed by atoms with Gasteiger partial charge in [0.05, 0.1) is 7.11 Å². The second-order valence-electron chi connectivity index (χ2n) is 5.45. The molecule has 0 spiro atoms. The van der Waals surface area contributed by atoms with Gasteiger partial charge >= 0.3 is 12.0 Å². The Morgan fingerprint density at radius 3 is 2.58 bits per heavy atom. The number of urea groups is 1. The van der Waals surface area contributed by atoms with Crippen molar-refractivity contribution in [2.45, 2.75) is 58.5 Å². The Labute approximate surface area is 115 Å². The molecule has 0 radical (unpaired) electrons. The molecule has 0 aromatic carbocycles. The molecule has 5 heteroatoms. The van der Waals surface area contributed by atoms with Gasteiger partial charge < -0.3 is 15.0 Å². The van der Waals surface area contributed by atoms with Crippen molar-refractivity contribution in [2.75, 3.05) is 13.7 Å². The number of piperidine rings is 1. The quantitative estimate of drug-likeness (QED) is 0.796. The second-order valence-corrected chi connectivity index (χ2v) is 5.45. The summed E-state index contributed by atoms with van der Waals surface area (Å²) in [6.07, 6.45) is 4.22. The van der Waals surface area contributed by atoms with Crippen molar-refractivity contribution in [1.82, 2.24) is 10.2 Å². The van der Waals surface area contributed by atoms with E-state index >= 15 is 0 Å². The fourth-order valence-corrected chi connectivity index (χ4v) is 2.53. The highest BCUT2D eigenvalue weighted by Gasteiger charge is 2.30. The summed E-state index contributed by atoms with van der Waals surface area (Å²) in [5.41, 5.74) is 0. The van der Waals surface area contributed by atoms with Gasteiger partial charge in [-0.25, -0.2) is 9.59 Å². The number of amides is 2. The predicted molar refractivity (Wildman–Crippen MR) is 73.8 cm³/mol. The minimum atomic E-state index is -0.572. The van der Waals surface area contributed by atoms with E-state index in [2.05, 4.69) is 12.2 Å². The zero-order valence-corrected chi connectivity index (χ0v) is 12.4. The van der Waals surface area contributed by atoms with Crippen LogP contribution in [0.5, 0.6) is 0 Å². The number of nitrogens with one attached hydrogen (secondary N) is 1. The maximum atomic E-state index is 12.3. The van der Waals surface area contributed by atoms with Crippen LogP contribution in [-0.4, -0.2) is 42.6 Å². The maximum Gasteiger partial charge on any atom is 0.328 e. The van der Waals surface area contributed by atoms with Gasteiger partial charge in [-0.15, -0.1) is 0 Å². The third-order valence-electron chi connectivity index (χ3n) is 3.76. The SMILES string of the molecule is CC[C@H]1CCCCN1C(=O)N[C@H](C(=O)OC)C(C)C. The molecule has 0 unspecified atom stereocenters. The number of likely N-dealkylation sites (tertiary alicyclic amines) is 1.